The topological polar surface area (TPSA) is 12.5 Å². The monoisotopic (exact) mass is 265 g/mol. The van der Waals surface area contributed by atoms with E-state index in [1.165, 1.54) is 5.56 Å². The minimum absolute atomic E-state index is 0.173. The Balaban J connectivity index is 1.96. The lowest BCUT2D eigenvalue weighted by Crippen LogP contribution is -2.29. The van der Waals surface area contributed by atoms with Crippen molar-refractivity contribution in [2.45, 2.75) is 25.9 Å². The van der Waals surface area contributed by atoms with Crippen LogP contribution in [0.1, 0.15) is 31.0 Å². The van der Waals surface area contributed by atoms with E-state index >= 15 is 0 Å². The minimum atomic E-state index is 0.173. The Kier molecular flexibility index (Phi) is 3.57. The van der Waals surface area contributed by atoms with Crippen molar-refractivity contribution in [3.63, 3.8) is 0 Å². The van der Waals surface area contributed by atoms with Crippen LogP contribution < -0.4 is 0 Å². The lowest BCUT2D eigenvalue weighted by Gasteiger charge is -2.27. The zero-order valence-corrected chi connectivity index (χ0v) is 11.9. The maximum Gasteiger partial charge on any atom is 0.152 e. The number of rotatable bonds is 3. The molecule has 2 nitrogen and oxygen atoms in total. The van der Waals surface area contributed by atoms with E-state index in [4.69, 9.17) is 4.84 Å². The molecule has 1 atom stereocenters. The van der Waals surface area contributed by atoms with Crippen LogP contribution in [0.25, 0.3) is 5.76 Å². The van der Waals surface area contributed by atoms with Crippen molar-refractivity contribution in [3.05, 3.63) is 77.9 Å². The van der Waals surface area contributed by atoms with E-state index < -0.39 is 0 Å². The molecule has 0 spiro atoms. The highest BCUT2D eigenvalue weighted by atomic mass is 16.7. The zero-order chi connectivity index (χ0) is 13.9. The van der Waals surface area contributed by atoms with Crippen LogP contribution in [0.15, 0.2) is 66.7 Å². The molecular formula is C18H19NO. The minimum Gasteiger partial charge on any atom is -0.404 e. The van der Waals surface area contributed by atoms with Gasteiger partial charge in [0.15, 0.2) is 5.76 Å². The fourth-order valence-corrected chi connectivity index (χ4v) is 2.49. The average Bonchev–Trinajstić information content (AvgIpc) is 2.94. The van der Waals surface area contributed by atoms with Crippen molar-refractivity contribution in [1.29, 1.82) is 0 Å². The Bertz CT molecular complexity index is 589. The molecule has 0 N–H and O–H groups in total. The van der Waals surface area contributed by atoms with E-state index in [1.807, 2.05) is 24.3 Å². The largest absolute Gasteiger partial charge is 0.404 e. The lowest BCUT2D eigenvalue weighted by molar-refractivity contribution is -0.118. The first kappa shape index (κ1) is 12.9. The van der Waals surface area contributed by atoms with Crippen molar-refractivity contribution in [2.24, 2.45) is 0 Å². The van der Waals surface area contributed by atoms with Crippen LogP contribution in [0.4, 0.5) is 0 Å². The first-order valence-electron chi connectivity index (χ1n) is 7.04. The molecule has 0 amide bonds. The van der Waals surface area contributed by atoms with Crippen LogP contribution in [-0.2, 0) is 4.84 Å². The van der Waals surface area contributed by atoms with Gasteiger partial charge in [-0.1, -0.05) is 60.7 Å². The lowest BCUT2D eigenvalue weighted by atomic mass is 10.0. The molecule has 0 aliphatic carbocycles. The van der Waals surface area contributed by atoms with E-state index in [9.17, 15) is 0 Å². The predicted octanol–water partition coefficient (Wildman–Crippen LogP) is 4.42. The van der Waals surface area contributed by atoms with Gasteiger partial charge in [0.25, 0.3) is 0 Å². The molecule has 1 unspecified atom stereocenters. The Morgan fingerprint density at radius 3 is 2.10 bits per heavy atom. The SMILES string of the molecule is CC(C)N1OC(c2ccccc2)=CC1c1ccccc1. The van der Waals surface area contributed by atoms with Crippen molar-refractivity contribution in [1.82, 2.24) is 5.06 Å². The van der Waals surface area contributed by atoms with Gasteiger partial charge in [-0.3, -0.25) is 0 Å². The number of hydrogen-bond donors (Lipinski definition) is 0. The standard InChI is InChI=1S/C18H19NO/c1-14(2)19-17(15-9-5-3-6-10-15)13-18(20-19)16-11-7-4-8-12-16/h3-14,17H,1-2H3. The van der Waals surface area contributed by atoms with Gasteiger partial charge in [-0.05, 0) is 25.5 Å². The van der Waals surface area contributed by atoms with Crippen molar-refractivity contribution in [2.75, 3.05) is 0 Å². The molecule has 0 aromatic heterocycles. The third kappa shape index (κ3) is 2.47. The molecule has 20 heavy (non-hydrogen) atoms. The molecule has 0 fully saturated rings. The fourth-order valence-electron chi connectivity index (χ4n) is 2.49. The maximum atomic E-state index is 6.07. The van der Waals surface area contributed by atoms with Crippen molar-refractivity contribution in [3.8, 4) is 0 Å². The highest BCUT2D eigenvalue weighted by molar-refractivity contribution is 5.62. The third-order valence-electron chi connectivity index (χ3n) is 3.50. The van der Waals surface area contributed by atoms with E-state index in [0.29, 0.717) is 6.04 Å². The summed E-state index contributed by atoms with van der Waals surface area (Å²) in [5.41, 5.74) is 2.38. The summed E-state index contributed by atoms with van der Waals surface area (Å²) in [5, 5.41) is 2.05. The Hall–Kier alpha value is -2.06. The molecule has 102 valence electrons. The zero-order valence-electron chi connectivity index (χ0n) is 11.9. The summed E-state index contributed by atoms with van der Waals surface area (Å²) in [4.78, 5) is 6.07. The number of benzene rings is 2. The highest BCUT2D eigenvalue weighted by Gasteiger charge is 2.30. The quantitative estimate of drug-likeness (QED) is 0.814. The van der Waals surface area contributed by atoms with Gasteiger partial charge in [-0.25, -0.2) is 0 Å². The molecule has 1 aliphatic heterocycles. The van der Waals surface area contributed by atoms with Crippen LogP contribution in [0.2, 0.25) is 0 Å². The van der Waals surface area contributed by atoms with Crippen LogP contribution >= 0.6 is 0 Å². The smallest absolute Gasteiger partial charge is 0.152 e. The Morgan fingerprint density at radius 2 is 1.50 bits per heavy atom. The van der Waals surface area contributed by atoms with Gasteiger partial charge in [-0.2, -0.15) is 0 Å². The van der Waals surface area contributed by atoms with E-state index in [-0.39, 0.29) is 6.04 Å². The summed E-state index contributed by atoms with van der Waals surface area (Å²) in [7, 11) is 0. The Morgan fingerprint density at radius 1 is 0.900 bits per heavy atom. The molecule has 1 aliphatic rings. The van der Waals surface area contributed by atoms with Gasteiger partial charge >= 0.3 is 0 Å². The number of hydrogen-bond acceptors (Lipinski definition) is 2. The average molecular weight is 265 g/mol. The van der Waals surface area contributed by atoms with Crippen molar-refractivity contribution < 1.29 is 4.84 Å². The molecule has 2 aromatic carbocycles. The Labute approximate surface area is 120 Å². The summed E-state index contributed by atoms with van der Waals surface area (Å²) in [5.74, 6) is 0.938. The normalized spacial score (nSPS) is 18.9. The molecule has 2 aromatic rings. The highest BCUT2D eigenvalue weighted by Crippen LogP contribution is 2.36. The summed E-state index contributed by atoms with van der Waals surface area (Å²) in [6, 6.07) is 21.2. The summed E-state index contributed by atoms with van der Waals surface area (Å²) in [6.07, 6.45) is 2.20. The van der Waals surface area contributed by atoms with Crippen LogP contribution in [0, 0.1) is 0 Å². The summed E-state index contributed by atoms with van der Waals surface area (Å²) >= 11 is 0. The van der Waals surface area contributed by atoms with Crippen LogP contribution in [-0.4, -0.2) is 11.1 Å². The molecular weight excluding hydrogens is 246 g/mol. The molecule has 0 saturated heterocycles. The molecule has 0 radical (unpaired) electrons. The molecule has 3 rings (SSSR count). The number of nitrogens with zero attached hydrogens (tertiary/aromatic N) is 1. The molecule has 2 heteroatoms. The molecule has 1 heterocycles. The van der Waals surface area contributed by atoms with Crippen LogP contribution in [0.5, 0.6) is 0 Å². The third-order valence-corrected chi connectivity index (χ3v) is 3.50. The second-order valence-corrected chi connectivity index (χ2v) is 5.30. The predicted molar refractivity (Wildman–Crippen MR) is 81.7 cm³/mol. The second kappa shape index (κ2) is 5.51. The van der Waals surface area contributed by atoms with Gasteiger partial charge in [0.1, 0.15) is 0 Å². The van der Waals surface area contributed by atoms with E-state index in [0.717, 1.165) is 11.3 Å². The second-order valence-electron chi connectivity index (χ2n) is 5.30. The summed E-state index contributed by atoms with van der Waals surface area (Å²) in [6.45, 7) is 4.30. The van der Waals surface area contributed by atoms with E-state index in [2.05, 4.69) is 61.4 Å². The number of hydroxylamine groups is 2. The van der Waals surface area contributed by atoms with Gasteiger partial charge in [0.2, 0.25) is 0 Å². The van der Waals surface area contributed by atoms with Gasteiger partial charge in [0, 0.05) is 11.6 Å². The molecule has 0 bridgehead atoms. The van der Waals surface area contributed by atoms with Gasteiger partial charge in [0.05, 0.1) is 6.04 Å². The van der Waals surface area contributed by atoms with E-state index in [1.54, 1.807) is 0 Å². The molecule has 0 saturated carbocycles. The fraction of sp³-hybridized carbons (Fsp3) is 0.222. The summed E-state index contributed by atoms with van der Waals surface area (Å²) < 4.78 is 0. The van der Waals surface area contributed by atoms with Crippen LogP contribution in [0.3, 0.4) is 0 Å². The van der Waals surface area contributed by atoms with Gasteiger partial charge in [-0.15, -0.1) is 5.06 Å². The van der Waals surface area contributed by atoms with Gasteiger partial charge < -0.3 is 4.84 Å². The first-order chi connectivity index (χ1) is 9.75. The van der Waals surface area contributed by atoms with Crippen molar-refractivity contribution >= 4 is 5.76 Å². The first-order valence-corrected chi connectivity index (χ1v) is 7.04. The maximum absolute atomic E-state index is 6.07.